The molecule has 1 amide bonds. The molecule has 0 bridgehead atoms. The predicted molar refractivity (Wildman–Crippen MR) is 90.7 cm³/mol. The number of carbonyl (C=O) groups is 1. The zero-order valence-corrected chi connectivity index (χ0v) is 13.8. The molecule has 1 aliphatic rings. The lowest BCUT2D eigenvalue weighted by Gasteiger charge is -2.27. The summed E-state index contributed by atoms with van der Waals surface area (Å²) in [6, 6.07) is 10.8. The molecule has 2 aromatic rings. The molecular formula is C17H21N3OS. The van der Waals surface area contributed by atoms with Gasteiger partial charge in [0.2, 0.25) is 0 Å². The number of hydrogen-bond acceptors (Lipinski definition) is 4. The van der Waals surface area contributed by atoms with E-state index < -0.39 is 0 Å². The van der Waals surface area contributed by atoms with Gasteiger partial charge in [-0.15, -0.1) is 11.3 Å². The third-order valence-electron chi connectivity index (χ3n) is 4.07. The number of carbonyl (C=O) groups excluding carboxylic acids is 1. The minimum atomic E-state index is 0.00279. The van der Waals surface area contributed by atoms with E-state index >= 15 is 0 Å². The lowest BCUT2D eigenvalue weighted by Crippen LogP contribution is -2.40. The molecule has 1 aromatic carbocycles. The number of nitrogens with zero attached hydrogens (tertiary/aromatic N) is 2. The van der Waals surface area contributed by atoms with Crippen molar-refractivity contribution >= 4 is 22.9 Å². The van der Waals surface area contributed by atoms with Crippen LogP contribution >= 0.6 is 11.3 Å². The SMILES string of the molecule is Cc1nc(C)c(C(=O)NCC2CCCN2c2ccccc2)s1. The summed E-state index contributed by atoms with van der Waals surface area (Å²) in [6.45, 7) is 5.57. The van der Waals surface area contributed by atoms with Crippen molar-refractivity contribution in [3.05, 3.63) is 45.9 Å². The Morgan fingerprint density at radius 3 is 2.82 bits per heavy atom. The monoisotopic (exact) mass is 315 g/mol. The maximum atomic E-state index is 12.3. The number of thiazole rings is 1. The van der Waals surface area contributed by atoms with Gasteiger partial charge in [-0.1, -0.05) is 18.2 Å². The molecule has 5 heteroatoms. The Morgan fingerprint density at radius 2 is 2.14 bits per heavy atom. The van der Waals surface area contributed by atoms with Crippen LogP contribution < -0.4 is 10.2 Å². The van der Waals surface area contributed by atoms with Gasteiger partial charge in [-0.3, -0.25) is 4.79 Å². The number of aromatic nitrogens is 1. The lowest BCUT2D eigenvalue weighted by atomic mass is 10.2. The van der Waals surface area contributed by atoms with E-state index in [1.807, 2.05) is 19.9 Å². The normalized spacial score (nSPS) is 17.7. The second-order valence-electron chi connectivity index (χ2n) is 5.68. The summed E-state index contributed by atoms with van der Waals surface area (Å²) >= 11 is 1.47. The summed E-state index contributed by atoms with van der Waals surface area (Å²) in [5, 5.41) is 4.02. The molecule has 3 rings (SSSR count). The molecule has 116 valence electrons. The first-order valence-electron chi connectivity index (χ1n) is 7.69. The van der Waals surface area contributed by atoms with Crippen molar-refractivity contribution in [2.24, 2.45) is 0 Å². The molecule has 1 unspecified atom stereocenters. The molecule has 1 saturated heterocycles. The Kier molecular flexibility index (Phi) is 4.43. The van der Waals surface area contributed by atoms with Crippen LogP contribution in [0.3, 0.4) is 0 Å². The quantitative estimate of drug-likeness (QED) is 0.942. The molecule has 2 heterocycles. The largest absolute Gasteiger partial charge is 0.367 e. The van der Waals surface area contributed by atoms with Gasteiger partial charge in [0.25, 0.3) is 5.91 Å². The molecule has 0 saturated carbocycles. The van der Waals surface area contributed by atoms with E-state index in [0.717, 1.165) is 28.5 Å². The van der Waals surface area contributed by atoms with Gasteiger partial charge in [0, 0.05) is 24.8 Å². The third kappa shape index (κ3) is 3.14. The highest BCUT2D eigenvalue weighted by atomic mass is 32.1. The van der Waals surface area contributed by atoms with Crippen LogP contribution in [-0.2, 0) is 0 Å². The highest BCUT2D eigenvalue weighted by molar-refractivity contribution is 7.13. The molecule has 1 atom stereocenters. The molecule has 1 aromatic heterocycles. The molecule has 1 aliphatic heterocycles. The average Bonchev–Trinajstić information content (AvgIpc) is 3.12. The van der Waals surface area contributed by atoms with Gasteiger partial charge in [0.05, 0.1) is 10.7 Å². The van der Waals surface area contributed by atoms with E-state index in [1.165, 1.54) is 23.4 Å². The highest BCUT2D eigenvalue weighted by Crippen LogP contribution is 2.25. The predicted octanol–water partition coefficient (Wildman–Crippen LogP) is 3.16. The fourth-order valence-electron chi connectivity index (χ4n) is 3.04. The maximum absolute atomic E-state index is 12.3. The van der Waals surface area contributed by atoms with Crippen LogP contribution in [-0.4, -0.2) is 30.0 Å². The van der Waals surface area contributed by atoms with Crippen LogP contribution in [0.1, 0.15) is 33.2 Å². The fraction of sp³-hybridized carbons (Fsp3) is 0.412. The van der Waals surface area contributed by atoms with Gasteiger partial charge in [-0.05, 0) is 38.8 Å². The molecule has 4 nitrogen and oxygen atoms in total. The minimum Gasteiger partial charge on any atom is -0.367 e. The topological polar surface area (TPSA) is 45.2 Å². The van der Waals surface area contributed by atoms with Crippen LogP contribution in [0.4, 0.5) is 5.69 Å². The molecule has 1 fully saturated rings. The summed E-state index contributed by atoms with van der Waals surface area (Å²) in [5.74, 6) is 0.00279. The molecule has 0 aliphatic carbocycles. The molecular weight excluding hydrogens is 294 g/mol. The average molecular weight is 315 g/mol. The van der Waals surface area contributed by atoms with Crippen LogP contribution in [0.2, 0.25) is 0 Å². The Labute approximate surface area is 135 Å². The Hall–Kier alpha value is -1.88. The second-order valence-corrected chi connectivity index (χ2v) is 6.89. The number of nitrogens with one attached hydrogen (secondary N) is 1. The third-order valence-corrected chi connectivity index (χ3v) is 5.14. The van der Waals surface area contributed by atoms with Gasteiger partial charge in [0.1, 0.15) is 4.88 Å². The summed E-state index contributed by atoms with van der Waals surface area (Å²) in [4.78, 5) is 19.8. The van der Waals surface area contributed by atoms with E-state index in [2.05, 4.69) is 39.5 Å². The number of benzene rings is 1. The van der Waals surface area contributed by atoms with Gasteiger partial charge in [-0.25, -0.2) is 4.98 Å². The summed E-state index contributed by atoms with van der Waals surface area (Å²) < 4.78 is 0. The van der Waals surface area contributed by atoms with Crippen molar-refractivity contribution in [1.29, 1.82) is 0 Å². The Balaban J connectivity index is 1.63. The van der Waals surface area contributed by atoms with E-state index in [9.17, 15) is 4.79 Å². The summed E-state index contributed by atoms with van der Waals surface area (Å²) in [6.07, 6.45) is 2.30. The second kappa shape index (κ2) is 6.48. The van der Waals surface area contributed by atoms with Crippen LogP contribution in [0.5, 0.6) is 0 Å². The molecule has 22 heavy (non-hydrogen) atoms. The number of amides is 1. The number of anilines is 1. The van der Waals surface area contributed by atoms with Crippen molar-refractivity contribution in [3.63, 3.8) is 0 Å². The summed E-state index contributed by atoms with van der Waals surface area (Å²) in [5.41, 5.74) is 2.07. The van der Waals surface area contributed by atoms with E-state index in [1.54, 1.807) is 0 Å². The Bertz CT molecular complexity index is 653. The van der Waals surface area contributed by atoms with Crippen LogP contribution in [0.25, 0.3) is 0 Å². The first kappa shape index (κ1) is 15.0. The lowest BCUT2D eigenvalue weighted by molar-refractivity contribution is 0.0954. The molecule has 0 radical (unpaired) electrons. The smallest absolute Gasteiger partial charge is 0.263 e. The van der Waals surface area contributed by atoms with Gasteiger partial charge in [0.15, 0.2) is 0 Å². The standard InChI is InChI=1S/C17H21N3OS/c1-12-16(22-13(2)19-12)17(21)18-11-15-9-6-10-20(15)14-7-4-3-5-8-14/h3-5,7-8,15H,6,9-11H2,1-2H3,(H,18,21). The van der Waals surface area contributed by atoms with E-state index in [0.29, 0.717) is 12.6 Å². The molecule has 1 N–H and O–H groups in total. The number of para-hydroxylation sites is 1. The van der Waals surface area contributed by atoms with Crippen molar-refractivity contribution in [2.45, 2.75) is 32.7 Å². The fourth-order valence-corrected chi connectivity index (χ4v) is 3.88. The zero-order valence-electron chi connectivity index (χ0n) is 13.0. The minimum absolute atomic E-state index is 0.00279. The van der Waals surface area contributed by atoms with Crippen LogP contribution in [0.15, 0.2) is 30.3 Å². The first-order valence-corrected chi connectivity index (χ1v) is 8.50. The number of hydrogen-bond donors (Lipinski definition) is 1. The molecule has 0 spiro atoms. The van der Waals surface area contributed by atoms with Crippen molar-refractivity contribution in [2.75, 3.05) is 18.0 Å². The van der Waals surface area contributed by atoms with Crippen LogP contribution in [0, 0.1) is 13.8 Å². The van der Waals surface area contributed by atoms with Gasteiger partial charge >= 0.3 is 0 Å². The van der Waals surface area contributed by atoms with E-state index in [4.69, 9.17) is 0 Å². The number of rotatable bonds is 4. The maximum Gasteiger partial charge on any atom is 0.263 e. The van der Waals surface area contributed by atoms with Crippen molar-refractivity contribution in [1.82, 2.24) is 10.3 Å². The first-order chi connectivity index (χ1) is 10.6. The highest BCUT2D eigenvalue weighted by Gasteiger charge is 2.25. The number of aryl methyl sites for hydroxylation is 2. The Morgan fingerprint density at radius 1 is 1.36 bits per heavy atom. The van der Waals surface area contributed by atoms with Crippen molar-refractivity contribution in [3.8, 4) is 0 Å². The van der Waals surface area contributed by atoms with E-state index in [-0.39, 0.29) is 5.91 Å². The van der Waals surface area contributed by atoms with Crippen molar-refractivity contribution < 1.29 is 4.79 Å². The van der Waals surface area contributed by atoms with Gasteiger partial charge in [-0.2, -0.15) is 0 Å². The van der Waals surface area contributed by atoms with Gasteiger partial charge < -0.3 is 10.2 Å². The summed E-state index contributed by atoms with van der Waals surface area (Å²) in [7, 11) is 0. The zero-order chi connectivity index (χ0) is 15.5.